The Balaban J connectivity index is 2.40. The third kappa shape index (κ3) is 3.25. The number of amides is 1. The predicted molar refractivity (Wildman–Crippen MR) is 49.5 cm³/mol. The number of imidazole rings is 1. The zero-order valence-electron chi connectivity index (χ0n) is 7.79. The number of hydrogen-bond acceptors (Lipinski definition) is 4. The fraction of sp³-hybridized carbons (Fsp3) is 0.429. The van der Waals surface area contributed by atoms with Crippen LogP contribution in [0.4, 0.5) is 10.7 Å². The molecule has 1 aromatic heterocycles. The summed E-state index contributed by atoms with van der Waals surface area (Å²) in [6.07, 6.45) is 2.20. The van der Waals surface area contributed by atoms with Gasteiger partial charge >= 0.3 is 12.0 Å². The van der Waals surface area contributed by atoms with Crippen LogP contribution in [0.15, 0.2) is 12.4 Å². The lowest BCUT2D eigenvalue weighted by Crippen LogP contribution is -2.22. The highest BCUT2D eigenvalue weighted by atomic mass is 16.6. The number of rotatable bonds is 5. The molecule has 0 aliphatic carbocycles. The van der Waals surface area contributed by atoms with Crippen LogP contribution in [0.2, 0.25) is 0 Å². The molecule has 0 saturated heterocycles. The van der Waals surface area contributed by atoms with Crippen LogP contribution in [0.5, 0.6) is 0 Å². The maximum absolute atomic E-state index is 10.4. The molecule has 1 rings (SSSR count). The van der Waals surface area contributed by atoms with Gasteiger partial charge in [-0.15, -0.1) is 0 Å². The molecule has 8 nitrogen and oxygen atoms in total. The summed E-state index contributed by atoms with van der Waals surface area (Å²) in [5.41, 5.74) is 0. The van der Waals surface area contributed by atoms with Crippen LogP contribution in [-0.2, 0) is 6.54 Å². The van der Waals surface area contributed by atoms with Crippen molar-refractivity contribution >= 4 is 12.0 Å². The van der Waals surface area contributed by atoms with Crippen molar-refractivity contribution in [3.05, 3.63) is 22.5 Å². The number of nitrogens with one attached hydrogen (secondary N) is 1. The molecule has 0 aromatic carbocycles. The Hall–Kier alpha value is -2.12. The van der Waals surface area contributed by atoms with E-state index < -0.39 is 11.0 Å². The Labute approximate surface area is 84.7 Å². The molecule has 1 amide bonds. The lowest BCUT2D eigenvalue weighted by molar-refractivity contribution is -0.396. The Bertz CT molecular complexity index is 362. The van der Waals surface area contributed by atoms with Crippen molar-refractivity contribution < 1.29 is 14.8 Å². The SMILES string of the molecule is O=C(O)NCCCn1ccnc1[N+](=O)[O-]. The van der Waals surface area contributed by atoms with Gasteiger partial charge in [0.1, 0.15) is 12.4 Å². The summed E-state index contributed by atoms with van der Waals surface area (Å²) >= 11 is 0. The van der Waals surface area contributed by atoms with E-state index in [0.717, 1.165) is 0 Å². The van der Waals surface area contributed by atoms with E-state index in [4.69, 9.17) is 5.11 Å². The van der Waals surface area contributed by atoms with Gasteiger partial charge in [0.05, 0.1) is 6.54 Å². The largest absolute Gasteiger partial charge is 0.465 e. The van der Waals surface area contributed by atoms with Crippen molar-refractivity contribution in [2.45, 2.75) is 13.0 Å². The summed E-state index contributed by atoms with van der Waals surface area (Å²) in [6.45, 7) is 0.612. The van der Waals surface area contributed by atoms with Crippen LogP contribution < -0.4 is 5.32 Å². The minimum Gasteiger partial charge on any atom is -0.465 e. The Morgan fingerprint density at radius 1 is 1.73 bits per heavy atom. The molecule has 0 radical (unpaired) electrons. The first-order valence-corrected chi connectivity index (χ1v) is 4.23. The van der Waals surface area contributed by atoms with Gasteiger partial charge in [-0.05, 0) is 11.3 Å². The number of aryl methyl sites for hydroxylation is 1. The van der Waals surface area contributed by atoms with Crippen LogP contribution in [0.25, 0.3) is 0 Å². The first kappa shape index (κ1) is 11.0. The molecule has 0 bridgehead atoms. The van der Waals surface area contributed by atoms with Crippen molar-refractivity contribution in [1.82, 2.24) is 14.9 Å². The molecule has 0 aliphatic rings. The number of carbonyl (C=O) groups is 1. The van der Waals surface area contributed by atoms with Crippen LogP contribution in [0.3, 0.4) is 0 Å². The molecule has 0 fully saturated rings. The topological polar surface area (TPSA) is 110 Å². The van der Waals surface area contributed by atoms with Crippen LogP contribution in [0, 0.1) is 10.1 Å². The molecule has 1 aromatic rings. The molecule has 0 saturated carbocycles. The number of nitrogens with zero attached hydrogens (tertiary/aromatic N) is 3. The number of carboxylic acid groups (broad SMARTS) is 1. The van der Waals surface area contributed by atoms with Gasteiger partial charge in [-0.1, -0.05) is 4.98 Å². The van der Waals surface area contributed by atoms with Crippen molar-refractivity contribution in [3.63, 3.8) is 0 Å². The van der Waals surface area contributed by atoms with E-state index >= 15 is 0 Å². The van der Waals surface area contributed by atoms with E-state index in [1.165, 1.54) is 17.0 Å². The quantitative estimate of drug-likeness (QED) is 0.420. The summed E-state index contributed by atoms with van der Waals surface area (Å²) in [5.74, 6) is -0.231. The van der Waals surface area contributed by atoms with Gasteiger partial charge in [0.15, 0.2) is 0 Å². The molecule has 0 unspecified atom stereocenters. The Morgan fingerprint density at radius 2 is 2.47 bits per heavy atom. The van der Waals surface area contributed by atoms with Crippen molar-refractivity contribution in [2.24, 2.45) is 0 Å². The van der Waals surface area contributed by atoms with Crippen LogP contribution >= 0.6 is 0 Å². The Morgan fingerprint density at radius 3 is 3.07 bits per heavy atom. The highest BCUT2D eigenvalue weighted by Gasteiger charge is 2.12. The highest BCUT2D eigenvalue weighted by molar-refractivity contribution is 5.64. The van der Waals surface area contributed by atoms with Gasteiger partial charge in [-0.25, -0.2) is 9.36 Å². The summed E-state index contributed by atoms with van der Waals surface area (Å²) in [7, 11) is 0. The summed E-state index contributed by atoms with van der Waals surface area (Å²) in [6, 6.07) is 0. The molecule has 1 heterocycles. The zero-order valence-corrected chi connectivity index (χ0v) is 7.79. The maximum Gasteiger partial charge on any atom is 0.434 e. The minimum atomic E-state index is -1.10. The Kier molecular flexibility index (Phi) is 3.61. The van der Waals surface area contributed by atoms with E-state index in [2.05, 4.69) is 10.3 Å². The molecular weight excluding hydrogens is 204 g/mol. The second kappa shape index (κ2) is 4.94. The second-order valence-electron chi connectivity index (χ2n) is 2.76. The summed E-state index contributed by atoms with van der Waals surface area (Å²) in [5, 5.41) is 20.9. The standard InChI is InChI=1S/C7H10N4O4/c12-7(13)9-2-1-4-10-5-3-8-6(10)11(14)15/h3,5,9H,1-2,4H2,(H,12,13). The second-order valence-corrected chi connectivity index (χ2v) is 2.76. The molecule has 15 heavy (non-hydrogen) atoms. The minimum absolute atomic E-state index is 0.231. The normalized spacial score (nSPS) is 9.87. The summed E-state index contributed by atoms with van der Waals surface area (Å²) < 4.78 is 1.36. The van der Waals surface area contributed by atoms with E-state index in [-0.39, 0.29) is 12.5 Å². The molecule has 0 atom stereocenters. The molecule has 82 valence electrons. The van der Waals surface area contributed by atoms with Gasteiger partial charge < -0.3 is 20.5 Å². The first-order valence-electron chi connectivity index (χ1n) is 4.23. The van der Waals surface area contributed by atoms with E-state index in [1.807, 2.05) is 0 Å². The van der Waals surface area contributed by atoms with E-state index in [0.29, 0.717) is 13.0 Å². The average Bonchev–Trinajstić information content (AvgIpc) is 2.60. The lowest BCUT2D eigenvalue weighted by Gasteiger charge is -2.01. The van der Waals surface area contributed by atoms with Crippen LogP contribution in [0.1, 0.15) is 6.42 Å². The van der Waals surface area contributed by atoms with E-state index in [9.17, 15) is 14.9 Å². The number of aromatic nitrogens is 2. The van der Waals surface area contributed by atoms with E-state index in [1.54, 1.807) is 0 Å². The molecule has 0 spiro atoms. The lowest BCUT2D eigenvalue weighted by atomic mass is 10.4. The maximum atomic E-state index is 10.4. The smallest absolute Gasteiger partial charge is 0.434 e. The average molecular weight is 214 g/mol. The molecule has 8 heteroatoms. The van der Waals surface area contributed by atoms with Gasteiger partial charge in [0.2, 0.25) is 0 Å². The van der Waals surface area contributed by atoms with Crippen molar-refractivity contribution in [3.8, 4) is 0 Å². The third-order valence-corrected chi connectivity index (χ3v) is 1.71. The number of nitro groups is 1. The zero-order chi connectivity index (χ0) is 11.3. The summed E-state index contributed by atoms with van der Waals surface area (Å²) in [4.78, 5) is 23.5. The van der Waals surface area contributed by atoms with Crippen molar-refractivity contribution in [1.29, 1.82) is 0 Å². The van der Waals surface area contributed by atoms with Crippen molar-refractivity contribution in [2.75, 3.05) is 6.54 Å². The fourth-order valence-electron chi connectivity index (χ4n) is 1.09. The molecular formula is C7H10N4O4. The third-order valence-electron chi connectivity index (χ3n) is 1.71. The predicted octanol–water partition coefficient (Wildman–Crippen LogP) is 0.449. The molecule has 0 aliphatic heterocycles. The van der Waals surface area contributed by atoms with Gasteiger partial charge in [0.25, 0.3) is 0 Å². The highest BCUT2D eigenvalue weighted by Crippen LogP contribution is 2.07. The first-order chi connectivity index (χ1) is 7.11. The monoisotopic (exact) mass is 214 g/mol. The van der Waals surface area contributed by atoms with Gasteiger partial charge in [-0.2, -0.15) is 0 Å². The van der Waals surface area contributed by atoms with Gasteiger partial charge in [0, 0.05) is 6.54 Å². The fourth-order valence-corrected chi connectivity index (χ4v) is 1.09. The van der Waals surface area contributed by atoms with Crippen LogP contribution in [-0.4, -0.2) is 32.2 Å². The number of hydrogen-bond donors (Lipinski definition) is 2. The molecule has 2 N–H and O–H groups in total. The van der Waals surface area contributed by atoms with Gasteiger partial charge in [-0.3, -0.25) is 0 Å².